The molecule has 0 radical (unpaired) electrons. The molecule has 0 aromatic heterocycles. The second kappa shape index (κ2) is 47.6. The van der Waals surface area contributed by atoms with Crippen LogP contribution in [-0.4, -0.2) is 59.1 Å². The van der Waals surface area contributed by atoms with Crippen LogP contribution in [0.3, 0.4) is 0 Å². The molecule has 10 atom stereocenters. The number of anilines is 10. The fourth-order valence-electron chi connectivity index (χ4n) is 20.3. The van der Waals surface area contributed by atoms with Crippen molar-refractivity contribution >= 4 is 162 Å². The van der Waals surface area contributed by atoms with E-state index in [1.807, 2.05) is 177 Å². The molecule has 20 rings (SSSR count). The third-order valence-corrected chi connectivity index (χ3v) is 28.5. The number of hydrogen-bond donors (Lipinski definition) is 10. The molecule has 776 valence electrons. The normalized spacial score (nSPS) is 19.4. The molecule has 10 amide bonds. The first-order valence-corrected chi connectivity index (χ1v) is 50.4. The highest BCUT2D eigenvalue weighted by atomic mass is 35.5. The summed E-state index contributed by atoms with van der Waals surface area (Å²) in [7, 11) is 0. The van der Waals surface area contributed by atoms with Crippen LogP contribution in [0.15, 0.2) is 146 Å². The van der Waals surface area contributed by atoms with Crippen LogP contribution in [0.1, 0.15) is 276 Å². The fraction of sp³-hybridized carbons (Fsp3) is 0.386. The minimum atomic E-state index is -0.432. The maximum absolute atomic E-state index is 13.7. The predicted octanol–water partition coefficient (Wildman–Crippen LogP) is 28.7. The van der Waals surface area contributed by atoms with Gasteiger partial charge in [-0.15, -0.1) is 0 Å². The van der Waals surface area contributed by atoms with E-state index in [0.29, 0.717) is 82.4 Å². The SMILES string of the molecule is CC(C)C1C(=O)Nc2c(Cl)ccc(F)c21.CC(C)C1C(=O)Nc2c(F)ccc(Cl)c21.CC(C)C1C(=O)Nc2c(F)cccc21.CC(C)C1C(=O)Nc2cc(F)ccc21.CC(C)C1C(=O)Nc2ccc(F)cc21.CC(C)C1C(=O)Nc2cccc(F)c21.Cc1ccc(Cl)c2c1C(C(C)C)C(=O)N2.Cc1ccc(Cl)c2c1NC(=O)C2C(C)C.Cc1ccc(F)c2c1C(C(C)C)C(=O)N2.Cc1ccc(F)c2c1NC(=O)C2C(C)C. The predicted molar refractivity (Wildman–Crippen MR) is 565 cm³/mol. The van der Waals surface area contributed by atoms with Gasteiger partial charge in [-0.3, -0.25) is 47.9 Å². The van der Waals surface area contributed by atoms with Gasteiger partial charge in [0.15, 0.2) is 0 Å². The van der Waals surface area contributed by atoms with E-state index in [1.54, 1.807) is 48.5 Å². The quantitative estimate of drug-likeness (QED) is 0.0578. The van der Waals surface area contributed by atoms with Crippen LogP contribution in [0.25, 0.3) is 0 Å². The van der Waals surface area contributed by atoms with Crippen LogP contribution in [-0.2, 0) is 47.9 Å². The van der Waals surface area contributed by atoms with E-state index in [-0.39, 0.29) is 212 Å². The smallest absolute Gasteiger partial charge is 0.232 e. The van der Waals surface area contributed by atoms with Gasteiger partial charge in [0.25, 0.3) is 0 Å². The highest BCUT2D eigenvalue weighted by Gasteiger charge is 2.45. The zero-order chi connectivity index (χ0) is 108. The lowest BCUT2D eigenvalue weighted by Gasteiger charge is -2.14. The van der Waals surface area contributed by atoms with Crippen molar-refractivity contribution < 1.29 is 83.1 Å². The first-order valence-electron chi connectivity index (χ1n) is 48.9. The van der Waals surface area contributed by atoms with Crippen LogP contribution in [0.5, 0.6) is 0 Å². The van der Waals surface area contributed by atoms with Crippen molar-refractivity contribution in [2.45, 2.75) is 225 Å². The lowest BCUT2D eigenvalue weighted by atomic mass is 9.87. The van der Waals surface area contributed by atoms with E-state index in [2.05, 4.69) is 67.0 Å². The monoisotopic (exact) mass is 2090 g/mol. The van der Waals surface area contributed by atoms with Crippen molar-refractivity contribution in [1.82, 2.24) is 0 Å². The Labute approximate surface area is 867 Å². The Morgan fingerprint density at radius 3 is 0.959 bits per heavy atom. The molecule has 0 bridgehead atoms. The highest BCUT2D eigenvalue weighted by Crippen LogP contribution is 2.51. The number of para-hydroxylation sites is 1. The zero-order valence-electron chi connectivity index (χ0n) is 86.0. The molecule has 0 fully saturated rings. The number of carbonyl (C=O) groups excluding carboxylic acids is 10. The molecule has 10 aliphatic rings. The number of halogens is 12. The molecule has 0 aliphatic carbocycles. The van der Waals surface area contributed by atoms with Gasteiger partial charge in [0, 0.05) is 60.6 Å². The summed E-state index contributed by atoms with van der Waals surface area (Å²) in [5.74, 6) is -3.93. The van der Waals surface area contributed by atoms with Gasteiger partial charge in [-0.1, -0.05) is 233 Å². The van der Waals surface area contributed by atoms with E-state index in [1.165, 1.54) is 72.8 Å². The largest absolute Gasteiger partial charge is 0.325 e. The minimum absolute atomic E-state index is 0.0272. The van der Waals surface area contributed by atoms with Crippen molar-refractivity contribution in [3.8, 4) is 0 Å². The maximum Gasteiger partial charge on any atom is 0.232 e. The van der Waals surface area contributed by atoms with Crippen molar-refractivity contribution in [1.29, 1.82) is 0 Å². The number of benzene rings is 10. The van der Waals surface area contributed by atoms with Crippen LogP contribution >= 0.6 is 46.4 Å². The number of nitrogens with one attached hydrogen (secondary N) is 10. The lowest BCUT2D eigenvalue weighted by molar-refractivity contribution is -0.118. The van der Waals surface area contributed by atoms with Crippen LogP contribution < -0.4 is 53.2 Å². The summed E-state index contributed by atoms with van der Waals surface area (Å²) in [6.07, 6.45) is 0. The van der Waals surface area contributed by atoms with E-state index >= 15 is 0 Å². The maximum atomic E-state index is 13.7. The Morgan fingerprint density at radius 1 is 0.199 bits per heavy atom. The van der Waals surface area contributed by atoms with Gasteiger partial charge < -0.3 is 53.2 Å². The molecule has 20 nitrogen and oxygen atoms in total. The van der Waals surface area contributed by atoms with Crippen LogP contribution in [0, 0.1) is 133 Å². The van der Waals surface area contributed by atoms with Gasteiger partial charge in [-0.2, -0.15) is 0 Å². The molecule has 0 saturated heterocycles. The first kappa shape index (κ1) is 114. The second-order valence-electron chi connectivity index (χ2n) is 41.2. The number of hydrogen-bond acceptors (Lipinski definition) is 10. The van der Waals surface area contributed by atoms with E-state index in [4.69, 9.17) is 46.4 Å². The number of fused-ring (bicyclic) bond motifs is 10. The Kier molecular flexibility index (Phi) is 37.1. The lowest BCUT2D eigenvalue weighted by Crippen LogP contribution is -2.17. The molecule has 0 saturated carbocycles. The summed E-state index contributed by atoms with van der Waals surface area (Å²) < 4.78 is 107. The summed E-state index contributed by atoms with van der Waals surface area (Å²) in [5, 5.41) is 29.2. The number of amides is 10. The summed E-state index contributed by atoms with van der Waals surface area (Å²) in [6, 6.07) is 37.8. The van der Waals surface area contributed by atoms with Crippen molar-refractivity contribution in [2.24, 2.45) is 59.2 Å². The van der Waals surface area contributed by atoms with Gasteiger partial charge in [0.2, 0.25) is 59.1 Å². The molecule has 0 spiro atoms. The Balaban J connectivity index is 0.000000154. The van der Waals surface area contributed by atoms with Crippen molar-refractivity contribution in [3.63, 3.8) is 0 Å². The molecule has 10 N–H and O–H groups in total. The average molecular weight is 2090 g/mol. The topological polar surface area (TPSA) is 291 Å². The zero-order valence-corrected chi connectivity index (χ0v) is 89.0. The molecular weight excluding hydrogens is 1960 g/mol. The molecule has 10 aliphatic heterocycles. The van der Waals surface area contributed by atoms with Gasteiger partial charge in [-0.25, -0.2) is 35.1 Å². The van der Waals surface area contributed by atoms with Crippen molar-refractivity contribution in [3.05, 3.63) is 290 Å². The number of carbonyl (C=O) groups is 10. The highest BCUT2D eigenvalue weighted by molar-refractivity contribution is 6.36. The molecule has 10 heterocycles. The molecule has 10 aromatic rings. The molecule has 146 heavy (non-hydrogen) atoms. The summed E-state index contributed by atoms with van der Waals surface area (Å²) in [5.41, 5.74) is 17.3. The fourth-order valence-corrected chi connectivity index (χ4v) is 21.3. The average Bonchev–Trinajstić information content (AvgIpc) is 1.62. The first-order chi connectivity index (χ1) is 68.5. The Morgan fingerprint density at radius 2 is 0.466 bits per heavy atom. The van der Waals surface area contributed by atoms with Crippen LogP contribution in [0.4, 0.5) is 92.0 Å². The Bertz CT molecular complexity index is 6100. The number of aryl methyl sites for hydroxylation is 4. The second-order valence-corrected chi connectivity index (χ2v) is 42.9. The Hall–Kier alpha value is -12.5. The number of rotatable bonds is 10. The van der Waals surface area contributed by atoms with Gasteiger partial charge in [0.1, 0.15) is 46.5 Å². The standard InChI is InChI=1S/2C12H14ClNO.2C12H14FNO.2C11H11ClFNO.4C11H12FNO/c1-6(2)9-10-8(13)5-4-7(3)11(10)14-12(9)15;1-6(2)9-10-7(3)4-5-8(13)11(10)14-12(9)15;1-6(2)9-10-8(13)5-4-7(3)11(10)14-12(9)15;1-6(2)9-10-7(3)4-5-8(13)11(10)14-12(9)15;1-5(2)8-9-7(13)4-3-6(12)10(9)14-11(8)15;1-5(2)8-9-6(12)3-4-7(13)10(9)14-11(8)15;1-6(2)10-8-5-7(12)3-4-9(8)13-11(10)14;1-6(2)10-8-4-3-7(12)5-9(8)13-11(10)14;1-6(2)9-10-7(12)4-3-5-8(10)13-11(9)14;1-6(2)9-7-4-3-5-8(12)10(7)13-11(9)14/h4*4-6,9H,1-3H3,(H,14,15);2*3-5,8H,1-2H3,(H,14,15);2*3-6,10H,1-2H3,(H,13,14);2*3-6,9H,1-2H3,(H,13,14). The van der Waals surface area contributed by atoms with Gasteiger partial charge in [-0.05, 0) is 234 Å². The molecule has 10 unspecified atom stereocenters. The van der Waals surface area contributed by atoms with Gasteiger partial charge >= 0.3 is 0 Å². The summed E-state index contributed by atoms with van der Waals surface area (Å²) >= 11 is 24.1. The van der Waals surface area contributed by atoms with E-state index < -0.39 is 11.7 Å². The molecule has 10 aromatic carbocycles. The van der Waals surface area contributed by atoms with Crippen molar-refractivity contribution in [2.75, 3.05) is 53.2 Å². The molecule has 32 heteroatoms. The van der Waals surface area contributed by atoms with Crippen LogP contribution in [0.2, 0.25) is 20.1 Å². The third-order valence-electron chi connectivity index (χ3n) is 27.2. The van der Waals surface area contributed by atoms with E-state index in [9.17, 15) is 83.1 Å². The minimum Gasteiger partial charge on any atom is -0.325 e. The summed E-state index contributed by atoms with van der Waals surface area (Å²) in [4.78, 5) is 116. The summed E-state index contributed by atoms with van der Waals surface area (Å²) in [6.45, 7) is 47.1. The van der Waals surface area contributed by atoms with E-state index in [0.717, 1.165) is 72.7 Å². The molecular formula is C114H126Cl4F8N10O10. The van der Waals surface area contributed by atoms with Gasteiger partial charge in [0.05, 0.1) is 103 Å². The third kappa shape index (κ3) is 24.3.